The summed E-state index contributed by atoms with van der Waals surface area (Å²) in [5.41, 5.74) is 5.86. The van der Waals surface area contributed by atoms with E-state index in [-0.39, 0.29) is 35.6 Å². The summed E-state index contributed by atoms with van der Waals surface area (Å²) in [5, 5.41) is 17.9. The average Bonchev–Trinajstić information content (AvgIpc) is 2.81. The minimum Gasteiger partial charge on any atom is -0.390 e. The average molecular weight is 478 g/mol. The molecule has 0 aliphatic rings. The van der Waals surface area contributed by atoms with Crippen molar-refractivity contribution in [1.29, 1.82) is 0 Å². The van der Waals surface area contributed by atoms with Gasteiger partial charge >= 0.3 is 22.4 Å². The summed E-state index contributed by atoms with van der Waals surface area (Å²) in [5.74, 6) is 0. The van der Waals surface area contributed by atoms with Crippen LogP contribution in [0.4, 0.5) is 0 Å². The number of rotatable bonds is 4. The Balaban J connectivity index is 0.000000200. The first-order chi connectivity index (χ1) is 13.8. The van der Waals surface area contributed by atoms with Gasteiger partial charge in [0.2, 0.25) is 0 Å². The predicted octanol–water partition coefficient (Wildman–Crippen LogP) is 4.48. The van der Waals surface area contributed by atoms with Crippen LogP contribution < -0.4 is 0 Å². The minimum atomic E-state index is -0.0132. The first-order valence-electron chi connectivity index (χ1n) is 9.02. The monoisotopic (exact) mass is 477 g/mol. The zero-order valence-electron chi connectivity index (χ0n) is 15.7. The molecule has 4 aromatic rings. The number of aromatic nitrogens is 2. The van der Waals surface area contributed by atoms with Crippen molar-refractivity contribution in [2.24, 2.45) is 0 Å². The van der Waals surface area contributed by atoms with Gasteiger partial charge in [-0.1, -0.05) is 60.7 Å². The van der Waals surface area contributed by atoms with Crippen LogP contribution in [0.1, 0.15) is 11.4 Å². The van der Waals surface area contributed by atoms with E-state index in [1.54, 1.807) is 12.4 Å². The number of pyridine rings is 2. The van der Waals surface area contributed by atoms with E-state index in [2.05, 4.69) is 9.97 Å². The van der Waals surface area contributed by atoms with Crippen molar-refractivity contribution in [3.8, 4) is 22.3 Å². The second kappa shape index (κ2) is 12.1. The van der Waals surface area contributed by atoms with Crippen LogP contribution in [0.3, 0.4) is 0 Å². The molecule has 150 valence electrons. The zero-order chi connectivity index (χ0) is 19.6. The third kappa shape index (κ3) is 6.75. The van der Waals surface area contributed by atoms with Gasteiger partial charge in [0.05, 0.1) is 24.6 Å². The van der Waals surface area contributed by atoms with E-state index in [4.69, 9.17) is 10.2 Å². The molecule has 0 saturated heterocycles. The third-order valence-corrected chi connectivity index (χ3v) is 4.17. The topological polar surface area (TPSA) is 66.2 Å². The first-order valence-corrected chi connectivity index (χ1v) is 9.02. The molecule has 4 nitrogen and oxygen atoms in total. The molecule has 0 radical (unpaired) electrons. The van der Waals surface area contributed by atoms with Gasteiger partial charge in [-0.25, -0.2) is 0 Å². The Morgan fingerprint density at radius 3 is 1.24 bits per heavy atom. The third-order valence-electron chi connectivity index (χ3n) is 4.17. The van der Waals surface area contributed by atoms with Crippen LogP contribution in [0.25, 0.3) is 22.3 Å². The second-order valence-corrected chi connectivity index (χ2v) is 6.12. The normalized spacial score (nSPS) is 9.72. The molecule has 0 spiro atoms. The molecule has 0 aliphatic carbocycles. The molecule has 2 N–H and O–H groups in total. The van der Waals surface area contributed by atoms with Crippen LogP contribution >= 0.6 is 0 Å². The van der Waals surface area contributed by atoms with Gasteiger partial charge in [0, 0.05) is 12.4 Å². The summed E-state index contributed by atoms with van der Waals surface area (Å²) in [4.78, 5) is 8.07. The van der Waals surface area contributed by atoms with Gasteiger partial charge in [-0.2, -0.15) is 0 Å². The van der Waals surface area contributed by atoms with Crippen LogP contribution in [0.2, 0.25) is 0 Å². The fraction of sp³-hybridized carbons (Fsp3) is 0.0833. The van der Waals surface area contributed by atoms with E-state index >= 15 is 0 Å². The molecule has 0 saturated carbocycles. The predicted molar refractivity (Wildman–Crippen MR) is 111 cm³/mol. The maximum Gasteiger partial charge on any atom is 1.00 e. The maximum atomic E-state index is 8.95. The van der Waals surface area contributed by atoms with Crippen molar-refractivity contribution < 1.29 is 32.6 Å². The molecule has 0 unspecified atom stereocenters. The van der Waals surface area contributed by atoms with Gasteiger partial charge in [0.25, 0.3) is 0 Å². The quantitative estimate of drug-likeness (QED) is 0.425. The van der Waals surface area contributed by atoms with E-state index in [0.29, 0.717) is 11.4 Å². The van der Waals surface area contributed by atoms with Crippen molar-refractivity contribution in [1.82, 2.24) is 9.97 Å². The van der Waals surface area contributed by atoms with Crippen LogP contribution in [0, 0.1) is 0 Å². The van der Waals surface area contributed by atoms with Crippen molar-refractivity contribution in [3.63, 3.8) is 0 Å². The molecule has 0 aliphatic heterocycles. The number of hydrogen-bond acceptors (Lipinski definition) is 4. The molecule has 2 aromatic heterocycles. The number of hydrogen-bond donors (Lipinski definition) is 2. The summed E-state index contributed by atoms with van der Waals surface area (Å²) in [6, 6.07) is 27.8. The zero-order valence-corrected chi connectivity index (χ0v) is 17.2. The molecule has 0 bridgehead atoms. The van der Waals surface area contributed by atoms with Crippen LogP contribution in [0.15, 0.2) is 97.3 Å². The molecule has 29 heavy (non-hydrogen) atoms. The fourth-order valence-corrected chi connectivity index (χ4v) is 2.75. The van der Waals surface area contributed by atoms with Crippen LogP contribution in [0.5, 0.6) is 0 Å². The standard InChI is InChI=1S/2C12H11NO.Ag/c2*14-9-12-8-11(6-7-13-12)10-4-2-1-3-5-10;/h2*1-8,14H,9H2;/q;;+1. The Hall–Kier alpha value is -2.60. The van der Waals surface area contributed by atoms with Crippen molar-refractivity contribution in [2.45, 2.75) is 13.2 Å². The molecular weight excluding hydrogens is 456 g/mol. The van der Waals surface area contributed by atoms with Gasteiger partial charge in [0.1, 0.15) is 0 Å². The molecule has 5 heteroatoms. The molecule has 0 fully saturated rings. The summed E-state index contributed by atoms with van der Waals surface area (Å²) >= 11 is 0. The van der Waals surface area contributed by atoms with E-state index in [0.717, 1.165) is 22.3 Å². The minimum absolute atomic E-state index is 0. The van der Waals surface area contributed by atoms with Crippen molar-refractivity contribution in [3.05, 3.63) is 109 Å². The number of aliphatic hydroxyl groups is 2. The second-order valence-electron chi connectivity index (χ2n) is 6.12. The summed E-state index contributed by atoms with van der Waals surface area (Å²) in [6.07, 6.45) is 3.43. The van der Waals surface area contributed by atoms with Gasteiger partial charge in [-0.15, -0.1) is 0 Å². The molecular formula is C24H22AgN2O2+. The van der Waals surface area contributed by atoms with Gasteiger partial charge in [-0.05, 0) is 46.5 Å². The number of aliphatic hydroxyl groups excluding tert-OH is 2. The van der Waals surface area contributed by atoms with E-state index in [1.807, 2.05) is 84.9 Å². The van der Waals surface area contributed by atoms with Crippen molar-refractivity contribution in [2.75, 3.05) is 0 Å². The summed E-state index contributed by atoms with van der Waals surface area (Å²) in [7, 11) is 0. The smallest absolute Gasteiger partial charge is 0.390 e. The van der Waals surface area contributed by atoms with Gasteiger partial charge < -0.3 is 10.2 Å². The Morgan fingerprint density at radius 2 is 0.897 bits per heavy atom. The number of benzene rings is 2. The van der Waals surface area contributed by atoms with Crippen molar-refractivity contribution >= 4 is 0 Å². The molecule has 4 rings (SSSR count). The summed E-state index contributed by atoms with van der Waals surface area (Å²) < 4.78 is 0. The summed E-state index contributed by atoms with van der Waals surface area (Å²) in [6.45, 7) is -0.0264. The fourth-order valence-electron chi connectivity index (χ4n) is 2.75. The van der Waals surface area contributed by atoms with Gasteiger partial charge in [0.15, 0.2) is 0 Å². The van der Waals surface area contributed by atoms with Crippen LogP contribution in [-0.4, -0.2) is 20.2 Å². The van der Waals surface area contributed by atoms with E-state index < -0.39 is 0 Å². The maximum absolute atomic E-state index is 8.95. The SMILES string of the molecule is OCc1cc(-c2ccccc2)ccn1.OCc1cc(-c2ccccc2)ccn1.[Ag+]. The number of nitrogens with zero attached hydrogens (tertiary/aromatic N) is 2. The van der Waals surface area contributed by atoms with Crippen LogP contribution in [-0.2, 0) is 35.6 Å². The van der Waals surface area contributed by atoms with Gasteiger partial charge in [-0.3, -0.25) is 9.97 Å². The van der Waals surface area contributed by atoms with E-state index in [9.17, 15) is 0 Å². The Morgan fingerprint density at radius 1 is 0.517 bits per heavy atom. The largest absolute Gasteiger partial charge is 1.00 e. The molecule has 0 atom stereocenters. The van der Waals surface area contributed by atoms with E-state index in [1.165, 1.54) is 0 Å². The Bertz CT molecular complexity index is 913. The Labute approximate surface area is 186 Å². The Kier molecular flexibility index (Phi) is 9.44. The molecule has 0 amide bonds. The molecule has 2 aromatic carbocycles. The first kappa shape index (κ1) is 22.7. The molecule has 2 heterocycles.